The molecule has 0 radical (unpaired) electrons. The normalized spacial score (nSPS) is 11.8. The third-order valence-corrected chi connectivity index (χ3v) is 2.32. The summed E-state index contributed by atoms with van der Waals surface area (Å²) in [6.45, 7) is 1.82. The van der Waals surface area contributed by atoms with Gasteiger partial charge in [0.25, 0.3) is 5.89 Å². The first kappa shape index (κ1) is 14.4. The molecule has 2 rings (SSSR count). The molecule has 2 aromatic heterocycles. The van der Waals surface area contributed by atoms with Gasteiger partial charge in [0.15, 0.2) is 5.82 Å². The number of nitrogens with zero attached hydrogens (tertiary/aromatic N) is 4. The van der Waals surface area contributed by atoms with Crippen molar-refractivity contribution < 1.29 is 22.4 Å². The van der Waals surface area contributed by atoms with E-state index in [-0.39, 0.29) is 17.3 Å². The molecule has 2 aromatic rings. The lowest BCUT2D eigenvalue weighted by Crippen LogP contribution is -2.12. The van der Waals surface area contributed by atoms with Crippen LogP contribution in [0.2, 0.25) is 0 Å². The van der Waals surface area contributed by atoms with Crippen LogP contribution in [0, 0.1) is 6.92 Å². The van der Waals surface area contributed by atoms with Gasteiger partial charge in [0.2, 0.25) is 5.82 Å². The molecule has 0 aromatic carbocycles. The van der Waals surface area contributed by atoms with Gasteiger partial charge in [-0.05, 0) is 13.0 Å². The monoisotopic (exact) mass is 288 g/mol. The SMILES string of the molecule is COCCc1noc(-c2cc(C)nc(C(F)(F)F)n2)n1. The Balaban J connectivity index is 2.32. The van der Waals surface area contributed by atoms with Crippen molar-refractivity contribution in [2.75, 3.05) is 13.7 Å². The molecule has 0 unspecified atom stereocenters. The van der Waals surface area contributed by atoms with Crippen molar-refractivity contribution in [3.05, 3.63) is 23.4 Å². The van der Waals surface area contributed by atoms with E-state index in [2.05, 4.69) is 20.1 Å². The van der Waals surface area contributed by atoms with Gasteiger partial charge in [0.05, 0.1) is 6.61 Å². The number of aryl methyl sites for hydroxylation is 1. The maximum absolute atomic E-state index is 12.6. The van der Waals surface area contributed by atoms with Crippen LogP contribution in [0.15, 0.2) is 10.6 Å². The van der Waals surface area contributed by atoms with E-state index in [1.54, 1.807) is 0 Å². The average Bonchev–Trinajstić information content (AvgIpc) is 2.83. The molecule has 108 valence electrons. The van der Waals surface area contributed by atoms with Crippen molar-refractivity contribution in [3.8, 4) is 11.6 Å². The molecule has 9 heteroatoms. The Kier molecular flexibility index (Phi) is 3.98. The van der Waals surface area contributed by atoms with Crippen molar-refractivity contribution in [3.63, 3.8) is 0 Å². The Morgan fingerprint density at radius 1 is 1.25 bits per heavy atom. The predicted octanol–water partition coefficient (Wildman–Crippen LogP) is 2.04. The number of aromatic nitrogens is 4. The van der Waals surface area contributed by atoms with Crippen LogP contribution in [0.3, 0.4) is 0 Å². The predicted molar refractivity (Wildman–Crippen MR) is 60.6 cm³/mol. The lowest BCUT2D eigenvalue weighted by atomic mass is 10.3. The van der Waals surface area contributed by atoms with Crippen LogP contribution in [0.4, 0.5) is 13.2 Å². The highest BCUT2D eigenvalue weighted by Gasteiger charge is 2.35. The Morgan fingerprint density at radius 2 is 2.00 bits per heavy atom. The highest BCUT2D eigenvalue weighted by atomic mass is 19.4. The second-order valence-corrected chi connectivity index (χ2v) is 3.97. The van der Waals surface area contributed by atoms with Gasteiger partial charge in [0.1, 0.15) is 5.69 Å². The van der Waals surface area contributed by atoms with E-state index < -0.39 is 12.0 Å². The standard InChI is InChI=1S/C11H11F3N4O2/c1-6-5-7(16-10(15-6)11(12,13)14)9-17-8(18-20-9)3-4-19-2/h5H,3-4H2,1-2H3. The third kappa shape index (κ3) is 3.29. The molecule has 6 nitrogen and oxygen atoms in total. The van der Waals surface area contributed by atoms with E-state index in [4.69, 9.17) is 9.26 Å². The molecule has 0 aliphatic heterocycles. The first-order valence-electron chi connectivity index (χ1n) is 5.65. The summed E-state index contributed by atoms with van der Waals surface area (Å²) < 4.78 is 47.6. The summed E-state index contributed by atoms with van der Waals surface area (Å²) in [7, 11) is 1.52. The minimum atomic E-state index is -4.63. The first-order valence-corrected chi connectivity index (χ1v) is 5.65. The van der Waals surface area contributed by atoms with Crippen LogP contribution in [0.5, 0.6) is 0 Å². The zero-order chi connectivity index (χ0) is 14.8. The Morgan fingerprint density at radius 3 is 2.65 bits per heavy atom. The van der Waals surface area contributed by atoms with E-state index in [0.29, 0.717) is 18.9 Å². The minimum Gasteiger partial charge on any atom is -0.384 e. The molecule has 0 spiro atoms. The largest absolute Gasteiger partial charge is 0.451 e. The number of ether oxygens (including phenoxy) is 1. The van der Waals surface area contributed by atoms with Gasteiger partial charge >= 0.3 is 6.18 Å². The summed E-state index contributed by atoms with van der Waals surface area (Å²) in [6.07, 6.45) is -4.23. The van der Waals surface area contributed by atoms with E-state index in [1.165, 1.54) is 20.1 Å². The Labute approximate surface area is 112 Å². The Bertz CT molecular complexity index is 598. The molecule has 0 saturated heterocycles. The maximum Gasteiger partial charge on any atom is 0.451 e. The van der Waals surface area contributed by atoms with Gasteiger partial charge in [-0.2, -0.15) is 18.2 Å². The van der Waals surface area contributed by atoms with Crippen LogP contribution in [-0.2, 0) is 17.3 Å². The van der Waals surface area contributed by atoms with Crippen LogP contribution in [0.1, 0.15) is 17.3 Å². The summed E-state index contributed by atoms with van der Waals surface area (Å²) in [4.78, 5) is 10.7. The van der Waals surface area contributed by atoms with Gasteiger partial charge in [-0.25, -0.2) is 9.97 Å². The molecule has 0 amide bonds. The van der Waals surface area contributed by atoms with E-state index in [1.807, 2.05) is 0 Å². The summed E-state index contributed by atoms with van der Waals surface area (Å²) in [5, 5.41) is 3.64. The van der Waals surface area contributed by atoms with Gasteiger partial charge in [-0.1, -0.05) is 5.16 Å². The number of hydrogen-bond acceptors (Lipinski definition) is 6. The second-order valence-electron chi connectivity index (χ2n) is 3.97. The molecule has 0 aliphatic rings. The second kappa shape index (κ2) is 5.53. The van der Waals surface area contributed by atoms with Crippen molar-refractivity contribution in [1.82, 2.24) is 20.1 Å². The summed E-state index contributed by atoms with van der Waals surface area (Å²) in [5.74, 6) is -0.970. The zero-order valence-electron chi connectivity index (χ0n) is 10.7. The molecular formula is C11H11F3N4O2. The minimum absolute atomic E-state index is 0.0546. The van der Waals surface area contributed by atoms with E-state index in [0.717, 1.165) is 0 Å². The fourth-order valence-electron chi connectivity index (χ4n) is 1.46. The highest BCUT2D eigenvalue weighted by molar-refractivity contribution is 5.47. The Hall–Kier alpha value is -2.03. The molecule has 0 N–H and O–H groups in total. The fraction of sp³-hybridized carbons (Fsp3) is 0.455. The molecule has 0 fully saturated rings. The third-order valence-electron chi connectivity index (χ3n) is 2.32. The number of methoxy groups -OCH3 is 1. The van der Waals surface area contributed by atoms with Gasteiger partial charge < -0.3 is 9.26 Å². The van der Waals surface area contributed by atoms with E-state index in [9.17, 15) is 13.2 Å². The van der Waals surface area contributed by atoms with Crippen molar-refractivity contribution >= 4 is 0 Å². The molecule has 0 saturated carbocycles. The fourth-order valence-corrected chi connectivity index (χ4v) is 1.46. The van der Waals surface area contributed by atoms with Crippen molar-refractivity contribution in [2.45, 2.75) is 19.5 Å². The number of halogens is 3. The molecule has 0 aliphatic carbocycles. The summed E-state index contributed by atoms with van der Waals surface area (Å²) >= 11 is 0. The summed E-state index contributed by atoms with van der Waals surface area (Å²) in [6, 6.07) is 1.35. The van der Waals surface area contributed by atoms with Crippen molar-refractivity contribution in [1.29, 1.82) is 0 Å². The van der Waals surface area contributed by atoms with Crippen LogP contribution < -0.4 is 0 Å². The van der Waals surface area contributed by atoms with E-state index >= 15 is 0 Å². The zero-order valence-corrected chi connectivity index (χ0v) is 10.7. The maximum atomic E-state index is 12.6. The lowest BCUT2D eigenvalue weighted by Gasteiger charge is -2.06. The van der Waals surface area contributed by atoms with Gasteiger partial charge in [-0.3, -0.25) is 0 Å². The van der Waals surface area contributed by atoms with Crippen LogP contribution >= 0.6 is 0 Å². The van der Waals surface area contributed by atoms with Gasteiger partial charge in [0, 0.05) is 19.2 Å². The van der Waals surface area contributed by atoms with Crippen LogP contribution in [-0.4, -0.2) is 33.8 Å². The van der Waals surface area contributed by atoms with Crippen LogP contribution in [0.25, 0.3) is 11.6 Å². The molecular weight excluding hydrogens is 277 g/mol. The topological polar surface area (TPSA) is 73.9 Å². The highest BCUT2D eigenvalue weighted by Crippen LogP contribution is 2.28. The molecule has 2 heterocycles. The average molecular weight is 288 g/mol. The molecule has 20 heavy (non-hydrogen) atoms. The lowest BCUT2D eigenvalue weighted by molar-refractivity contribution is -0.145. The first-order chi connectivity index (χ1) is 9.40. The molecule has 0 atom stereocenters. The van der Waals surface area contributed by atoms with Gasteiger partial charge in [-0.15, -0.1) is 0 Å². The quantitative estimate of drug-likeness (QED) is 0.857. The number of rotatable bonds is 4. The number of alkyl halides is 3. The summed E-state index contributed by atoms with van der Waals surface area (Å²) in [5.41, 5.74) is 0.111. The van der Waals surface area contributed by atoms with Crippen molar-refractivity contribution in [2.24, 2.45) is 0 Å². The number of hydrogen-bond donors (Lipinski definition) is 0. The molecule has 0 bridgehead atoms. The smallest absolute Gasteiger partial charge is 0.384 e.